The number of benzene rings is 1. The first-order valence-corrected chi connectivity index (χ1v) is 10.5. The van der Waals surface area contributed by atoms with Gasteiger partial charge >= 0.3 is 0 Å². The summed E-state index contributed by atoms with van der Waals surface area (Å²) in [6, 6.07) is 9.34. The standard InChI is InChI=1S/C22H28N4O3/c1-16(22(28)25-12-14-29-15-13-25)23-21(27)20-18-10-6-3-7-11-19(18)26(24-20)17-8-4-2-5-9-17/h2,4-5,8-9,16H,3,6-7,10-15H2,1H3,(H,23,27). The van der Waals surface area contributed by atoms with E-state index in [1.165, 1.54) is 0 Å². The zero-order chi connectivity index (χ0) is 20.2. The van der Waals surface area contributed by atoms with Crippen LogP contribution in [0.5, 0.6) is 0 Å². The van der Waals surface area contributed by atoms with Crippen molar-refractivity contribution >= 4 is 11.8 Å². The third-order valence-corrected chi connectivity index (χ3v) is 5.69. The van der Waals surface area contributed by atoms with Crippen LogP contribution in [0.2, 0.25) is 0 Å². The van der Waals surface area contributed by atoms with Gasteiger partial charge in [0.25, 0.3) is 5.91 Å². The van der Waals surface area contributed by atoms with Crippen LogP contribution in [0.4, 0.5) is 0 Å². The molecular formula is C22H28N4O3. The number of carbonyl (C=O) groups is 2. The molecule has 1 atom stereocenters. The molecule has 2 aromatic rings. The van der Waals surface area contributed by atoms with Crippen LogP contribution in [0.3, 0.4) is 0 Å². The summed E-state index contributed by atoms with van der Waals surface area (Å²) in [7, 11) is 0. The normalized spacial score (nSPS) is 17.9. The molecule has 2 amide bonds. The van der Waals surface area contributed by atoms with E-state index in [4.69, 9.17) is 4.74 Å². The monoisotopic (exact) mass is 396 g/mol. The van der Waals surface area contributed by atoms with E-state index < -0.39 is 6.04 Å². The third-order valence-electron chi connectivity index (χ3n) is 5.69. The van der Waals surface area contributed by atoms with Gasteiger partial charge in [-0.1, -0.05) is 24.6 Å². The Hall–Kier alpha value is -2.67. The quantitative estimate of drug-likeness (QED) is 0.803. The minimum absolute atomic E-state index is 0.0739. The van der Waals surface area contributed by atoms with Crippen molar-refractivity contribution in [2.45, 2.75) is 45.1 Å². The minimum Gasteiger partial charge on any atom is -0.378 e. The van der Waals surface area contributed by atoms with E-state index in [1.807, 2.05) is 35.0 Å². The molecule has 1 aliphatic heterocycles. The predicted octanol–water partition coefficient (Wildman–Crippen LogP) is 2.12. The summed E-state index contributed by atoms with van der Waals surface area (Å²) in [4.78, 5) is 27.5. The van der Waals surface area contributed by atoms with Crippen LogP contribution in [-0.2, 0) is 22.4 Å². The van der Waals surface area contributed by atoms with Crippen molar-refractivity contribution in [3.8, 4) is 5.69 Å². The van der Waals surface area contributed by atoms with E-state index in [2.05, 4.69) is 10.4 Å². The largest absolute Gasteiger partial charge is 0.378 e. The zero-order valence-corrected chi connectivity index (χ0v) is 16.9. The second-order valence-corrected chi connectivity index (χ2v) is 7.71. The average Bonchev–Trinajstić information content (AvgIpc) is 2.95. The third kappa shape index (κ3) is 4.19. The lowest BCUT2D eigenvalue weighted by Gasteiger charge is -2.29. The maximum absolute atomic E-state index is 13.1. The molecule has 1 aromatic heterocycles. The molecule has 2 heterocycles. The van der Waals surface area contributed by atoms with Gasteiger partial charge in [0.2, 0.25) is 5.91 Å². The summed E-state index contributed by atoms with van der Waals surface area (Å²) >= 11 is 0. The molecule has 29 heavy (non-hydrogen) atoms. The van der Waals surface area contributed by atoms with Crippen molar-refractivity contribution in [2.75, 3.05) is 26.3 Å². The molecule has 154 valence electrons. The average molecular weight is 396 g/mol. The first kappa shape index (κ1) is 19.6. The van der Waals surface area contributed by atoms with E-state index in [0.29, 0.717) is 32.0 Å². The molecule has 0 saturated carbocycles. The van der Waals surface area contributed by atoms with E-state index in [1.54, 1.807) is 11.8 Å². The predicted molar refractivity (Wildman–Crippen MR) is 109 cm³/mol. The molecule has 1 aliphatic carbocycles. The Morgan fingerprint density at radius 1 is 1.07 bits per heavy atom. The van der Waals surface area contributed by atoms with Crippen molar-refractivity contribution in [3.63, 3.8) is 0 Å². The van der Waals surface area contributed by atoms with Gasteiger partial charge in [-0.3, -0.25) is 9.59 Å². The lowest BCUT2D eigenvalue weighted by molar-refractivity contribution is -0.136. The molecule has 0 radical (unpaired) electrons. The first-order chi connectivity index (χ1) is 14.1. The molecule has 0 bridgehead atoms. The fraction of sp³-hybridized carbons (Fsp3) is 0.500. The van der Waals surface area contributed by atoms with Crippen molar-refractivity contribution in [1.29, 1.82) is 0 Å². The minimum atomic E-state index is -0.594. The lowest BCUT2D eigenvalue weighted by Crippen LogP contribution is -2.50. The van der Waals surface area contributed by atoms with Gasteiger partial charge < -0.3 is 15.0 Å². The van der Waals surface area contributed by atoms with Gasteiger partial charge in [-0.15, -0.1) is 0 Å². The van der Waals surface area contributed by atoms with Crippen LogP contribution in [-0.4, -0.2) is 58.8 Å². The number of amides is 2. The number of ether oxygens (including phenoxy) is 1. The van der Waals surface area contributed by atoms with Gasteiger partial charge in [0, 0.05) is 24.3 Å². The summed E-state index contributed by atoms with van der Waals surface area (Å²) in [5, 5.41) is 7.57. The summed E-state index contributed by atoms with van der Waals surface area (Å²) in [6.07, 6.45) is 5.05. The number of carbonyl (C=O) groups excluding carboxylic acids is 2. The number of nitrogens with zero attached hydrogens (tertiary/aromatic N) is 3. The maximum atomic E-state index is 13.1. The Morgan fingerprint density at radius 2 is 1.79 bits per heavy atom. The highest BCUT2D eigenvalue weighted by Gasteiger charge is 2.28. The van der Waals surface area contributed by atoms with E-state index in [0.717, 1.165) is 49.0 Å². The van der Waals surface area contributed by atoms with Crippen LogP contribution < -0.4 is 5.32 Å². The smallest absolute Gasteiger partial charge is 0.272 e. The van der Waals surface area contributed by atoms with E-state index >= 15 is 0 Å². The number of nitrogens with one attached hydrogen (secondary N) is 1. The number of para-hydroxylation sites is 1. The van der Waals surface area contributed by atoms with Gasteiger partial charge in [-0.25, -0.2) is 4.68 Å². The molecule has 1 N–H and O–H groups in total. The molecule has 1 saturated heterocycles. The Bertz CT molecular complexity index is 872. The lowest BCUT2D eigenvalue weighted by atomic mass is 10.1. The fourth-order valence-corrected chi connectivity index (χ4v) is 4.13. The molecule has 4 rings (SSSR count). The van der Waals surface area contributed by atoms with Crippen molar-refractivity contribution in [3.05, 3.63) is 47.3 Å². The van der Waals surface area contributed by atoms with Gasteiger partial charge in [-0.2, -0.15) is 5.10 Å². The molecule has 7 heteroatoms. The second-order valence-electron chi connectivity index (χ2n) is 7.71. The molecular weight excluding hydrogens is 368 g/mol. The molecule has 0 spiro atoms. The summed E-state index contributed by atoms with van der Waals surface area (Å²) in [5.41, 5.74) is 3.55. The Balaban J connectivity index is 1.58. The van der Waals surface area contributed by atoms with Gasteiger partial charge in [0.05, 0.1) is 18.9 Å². The van der Waals surface area contributed by atoms with Crippen LogP contribution in [0, 0.1) is 0 Å². The highest BCUT2D eigenvalue weighted by Crippen LogP contribution is 2.26. The highest BCUT2D eigenvalue weighted by atomic mass is 16.5. The SMILES string of the molecule is CC(NC(=O)c1nn(-c2ccccc2)c2c1CCCCC2)C(=O)N1CCOCC1. The summed E-state index contributed by atoms with van der Waals surface area (Å²) < 4.78 is 7.21. The molecule has 1 fully saturated rings. The molecule has 2 aliphatic rings. The van der Waals surface area contributed by atoms with E-state index in [9.17, 15) is 9.59 Å². The Morgan fingerprint density at radius 3 is 2.55 bits per heavy atom. The Labute approximate surface area is 171 Å². The van der Waals surface area contributed by atoms with Crippen molar-refractivity contribution in [1.82, 2.24) is 20.0 Å². The second kappa shape index (κ2) is 8.78. The van der Waals surface area contributed by atoms with Crippen molar-refractivity contribution < 1.29 is 14.3 Å². The summed E-state index contributed by atoms with van der Waals surface area (Å²) in [5.74, 6) is -0.345. The Kier molecular flexibility index (Phi) is 5.94. The van der Waals surface area contributed by atoms with Gasteiger partial charge in [-0.05, 0) is 44.7 Å². The fourth-order valence-electron chi connectivity index (χ4n) is 4.13. The first-order valence-electron chi connectivity index (χ1n) is 10.5. The van der Waals surface area contributed by atoms with E-state index in [-0.39, 0.29) is 11.8 Å². The van der Waals surface area contributed by atoms with Gasteiger partial charge in [0.1, 0.15) is 6.04 Å². The summed E-state index contributed by atoms with van der Waals surface area (Å²) in [6.45, 7) is 3.96. The highest BCUT2D eigenvalue weighted by molar-refractivity contribution is 5.97. The maximum Gasteiger partial charge on any atom is 0.272 e. The number of hydrogen-bond donors (Lipinski definition) is 1. The van der Waals surface area contributed by atoms with Crippen molar-refractivity contribution in [2.24, 2.45) is 0 Å². The van der Waals surface area contributed by atoms with Gasteiger partial charge in [0.15, 0.2) is 5.69 Å². The number of rotatable bonds is 4. The van der Waals surface area contributed by atoms with Crippen LogP contribution in [0.1, 0.15) is 47.9 Å². The molecule has 1 unspecified atom stereocenters. The van der Waals surface area contributed by atoms with Crippen LogP contribution in [0.25, 0.3) is 5.69 Å². The number of hydrogen-bond acceptors (Lipinski definition) is 4. The zero-order valence-electron chi connectivity index (χ0n) is 16.9. The number of fused-ring (bicyclic) bond motifs is 1. The molecule has 7 nitrogen and oxygen atoms in total. The van der Waals surface area contributed by atoms with Crippen LogP contribution >= 0.6 is 0 Å². The number of morpholine rings is 1. The van der Waals surface area contributed by atoms with Crippen LogP contribution in [0.15, 0.2) is 30.3 Å². The topological polar surface area (TPSA) is 76.5 Å². The molecule has 1 aromatic carbocycles. The number of aromatic nitrogens is 2.